The Labute approximate surface area is 159 Å². The van der Waals surface area contributed by atoms with E-state index in [1.54, 1.807) is 13.1 Å². The fraction of sp³-hybridized carbons (Fsp3) is 0.579. The lowest BCUT2D eigenvalue weighted by Gasteiger charge is -2.22. The molecule has 1 amide bonds. The van der Waals surface area contributed by atoms with Gasteiger partial charge >= 0.3 is 5.97 Å². The molecule has 2 heterocycles. The predicted molar refractivity (Wildman–Crippen MR) is 102 cm³/mol. The van der Waals surface area contributed by atoms with Gasteiger partial charge in [0.2, 0.25) is 0 Å². The van der Waals surface area contributed by atoms with Gasteiger partial charge in [-0.25, -0.2) is 13.2 Å². The molecular weight excluding hydrogens is 368 g/mol. The number of esters is 1. The van der Waals surface area contributed by atoms with Gasteiger partial charge in [-0.3, -0.25) is 4.79 Å². The molecule has 8 heteroatoms. The van der Waals surface area contributed by atoms with Gasteiger partial charge in [0, 0.05) is 36.6 Å². The molecule has 0 unspecified atom stereocenters. The van der Waals surface area contributed by atoms with Crippen LogP contribution < -0.4 is 0 Å². The number of hydrogen-bond acceptors (Lipinski definition) is 5. The lowest BCUT2D eigenvalue weighted by Crippen LogP contribution is -2.40. The SMILES string of the molecule is Cc1cc(/C=C/C(=O)OCC(=O)N(C)[C@@H]2CCS(=O)(=O)C2)c(C)n1C1CC1. The maximum Gasteiger partial charge on any atom is 0.331 e. The number of likely N-dealkylation sites (N-methyl/N-ethyl adjacent to an activating group) is 1. The molecule has 1 saturated heterocycles. The Morgan fingerprint density at radius 2 is 2.00 bits per heavy atom. The molecule has 1 atom stereocenters. The van der Waals surface area contributed by atoms with E-state index in [-0.39, 0.29) is 17.5 Å². The third-order valence-electron chi connectivity index (χ3n) is 5.32. The zero-order valence-corrected chi connectivity index (χ0v) is 16.8. The third kappa shape index (κ3) is 4.61. The maximum atomic E-state index is 12.1. The molecule has 3 rings (SSSR count). The van der Waals surface area contributed by atoms with Crippen molar-refractivity contribution in [1.82, 2.24) is 9.47 Å². The maximum absolute atomic E-state index is 12.1. The summed E-state index contributed by atoms with van der Waals surface area (Å²) in [5.74, 6) is -0.922. The number of amides is 1. The van der Waals surface area contributed by atoms with Crippen molar-refractivity contribution >= 4 is 27.8 Å². The summed E-state index contributed by atoms with van der Waals surface area (Å²) in [7, 11) is -1.52. The largest absolute Gasteiger partial charge is 0.452 e. The van der Waals surface area contributed by atoms with E-state index in [0.29, 0.717) is 12.5 Å². The molecule has 1 aliphatic heterocycles. The first-order valence-corrected chi connectivity index (χ1v) is 11.0. The average Bonchev–Trinajstić information content (AvgIpc) is 3.31. The fourth-order valence-electron chi connectivity index (χ4n) is 3.59. The second kappa shape index (κ2) is 7.50. The van der Waals surface area contributed by atoms with Gasteiger partial charge in [0.25, 0.3) is 5.91 Å². The van der Waals surface area contributed by atoms with Gasteiger partial charge in [0.15, 0.2) is 16.4 Å². The molecule has 0 N–H and O–H groups in total. The highest BCUT2D eigenvalue weighted by Crippen LogP contribution is 2.38. The highest BCUT2D eigenvalue weighted by atomic mass is 32.2. The number of sulfone groups is 1. The van der Waals surface area contributed by atoms with E-state index in [1.807, 2.05) is 13.0 Å². The molecule has 7 nitrogen and oxygen atoms in total. The van der Waals surface area contributed by atoms with Crippen LogP contribution in [0.4, 0.5) is 0 Å². The van der Waals surface area contributed by atoms with Gasteiger partial charge < -0.3 is 14.2 Å². The van der Waals surface area contributed by atoms with E-state index in [4.69, 9.17) is 4.74 Å². The van der Waals surface area contributed by atoms with Crippen LogP contribution in [-0.4, -0.2) is 61.0 Å². The number of nitrogens with zero attached hydrogens (tertiary/aromatic N) is 2. The Morgan fingerprint density at radius 3 is 2.59 bits per heavy atom. The average molecular weight is 394 g/mol. The van der Waals surface area contributed by atoms with Crippen LogP contribution in [0, 0.1) is 13.8 Å². The Hall–Kier alpha value is -2.09. The molecule has 1 saturated carbocycles. The molecule has 0 radical (unpaired) electrons. The number of aromatic nitrogens is 1. The molecule has 1 aliphatic carbocycles. The monoisotopic (exact) mass is 394 g/mol. The van der Waals surface area contributed by atoms with Gasteiger partial charge in [-0.15, -0.1) is 0 Å². The van der Waals surface area contributed by atoms with Crippen LogP contribution in [0.15, 0.2) is 12.1 Å². The molecule has 1 aromatic heterocycles. The fourth-order valence-corrected chi connectivity index (χ4v) is 5.37. The lowest BCUT2D eigenvalue weighted by molar-refractivity contribution is -0.148. The van der Waals surface area contributed by atoms with Crippen molar-refractivity contribution in [2.45, 2.75) is 45.2 Å². The lowest BCUT2D eigenvalue weighted by atomic mass is 10.2. The summed E-state index contributed by atoms with van der Waals surface area (Å²) < 4.78 is 30.4. The van der Waals surface area contributed by atoms with Crippen molar-refractivity contribution in [1.29, 1.82) is 0 Å². The van der Waals surface area contributed by atoms with Crippen molar-refractivity contribution in [2.24, 2.45) is 0 Å². The van der Waals surface area contributed by atoms with E-state index in [9.17, 15) is 18.0 Å². The Balaban J connectivity index is 1.51. The number of rotatable bonds is 6. The van der Waals surface area contributed by atoms with Crippen LogP contribution in [-0.2, 0) is 24.2 Å². The molecule has 148 valence electrons. The Kier molecular flexibility index (Phi) is 5.46. The first-order chi connectivity index (χ1) is 12.7. The zero-order chi connectivity index (χ0) is 19.8. The van der Waals surface area contributed by atoms with E-state index in [1.165, 1.54) is 29.5 Å². The van der Waals surface area contributed by atoms with Gasteiger partial charge in [-0.1, -0.05) is 0 Å². The smallest absolute Gasteiger partial charge is 0.331 e. The summed E-state index contributed by atoms with van der Waals surface area (Å²) in [4.78, 5) is 25.4. The summed E-state index contributed by atoms with van der Waals surface area (Å²) in [6.45, 7) is 3.69. The molecule has 2 fully saturated rings. The number of hydrogen-bond donors (Lipinski definition) is 0. The summed E-state index contributed by atoms with van der Waals surface area (Å²) >= 11 is 0. The zero-order valence-electron chi connectivity index (χ0n) is 16.0. The molecule has 2 aliphatic rings. The molecule has 0 aromatic carbocycles. The van der Waals surface area contributed by atoms with Crippen molar-refractivity contribution < 1.29 is 22.7 Å². The summed E-state index contributed by atoms with van der Waals surface area (Å²) in [6.07, 6.45) is 5.85. The first-order valence-electron chi connectivity index (χ1n) is 9.17. The van der Waals surface area contributed by atoms with E-state index < -0.39 is 28.3 Å². The highest BCUT2D eigenvalue weighted by molar-refractivity contribution is 7.91. The topological polar surface area (TPSA) is 85.7 Å². The summed E-state index contributed by atoms with van der Waals surface area (Å²) in [5, 5.41) is 0. The van der Waals surface area contributed by atoms with E-state index in [2.05, 4.69) is 11.5 Å². The number of carbonyl (C=O) groups is 2. The minimum absolute atomic E-state index is 0.0281. The number of aryl methyl sites for hydroxylation is 1. The Bertz CT molecular complexity index is 880. The van der Waals surface area contributed by atoms with Gasteiger partial charge in [-0.05, 0) is 50.8 Å². The minimum atomic E-state index is -3.07. The van der Waals surface area contributed by atoms with Crippen LogP contribution in [0.5, 0.6) is 0 Å². The molecule has 1 aromatic rings. The van der Waals surface area contributed by atoms with Crippen LogP contribution in [0.1, 0.15) is 42.3 Å². The van der Waals surface area contributed by atoms with Gasteiger partial charge in [0.1, 0.15) is 0 Å². The molecule has 0 bridgehead atoms. The number of carbonyl (C=O) groups excluding carboxylic acids is 2. The summed E-state index contributed by atoms with van der Waals surface area (Å²) in [6, 6.07) is 2.27. The van der Waals surface area contributed by atoms with Crippen LogP contribution >= 0.6 is 0 Å². The molecule has 0 spiro atoms. The van der Waals surface area contributed by atoms with Crippen LogP contribution in [0.25, 0.3) is 6.08 Å². The Morgan fingerprint density at radius 1 is 1.30 bits per heavy atom. The third-order valence-corrected chi connectivity index (χ3v) is 7.07. The van der Waals surface area contributed by atoms with Crippen molar-refractivity contribution in [3.05, 3.63) is 29.1 Å². The quantitative estimate of drug-likeness (QED) is 0.541. The van der Waals surface area contributed by atoms with Gasteiger partial charge in [0.05, 0.1) is 11.5 Å². The van der Waals surface area contributed by atoms with Crippen molar-refractivity contribution in [3.63, 3.8) is 0 Å². The first kappa shape index (κ1) is 19.7. The van der Waals surface area contributed by atoms with Crippen molar-refractivity contribution in [2.75, 3.05) is 25.2 Å². The molecular formula is C19H26N2O5S. The normalized spacial score (nSPS) is 21.5. The molecule has 27 heavy (non-hydrogen) atoms. The number of ether oxygens (including phenoxy) is 1. The van der Waals surface area contributed by atoms with E-state index in [0.717, 1.165) is 11.3 Å². The van der Waals surface area contributed by atoms with Crippen LogP contribution in [0.2, 0.25) is 0 Å². The van der Waals surface area contributed by atoms with Crippen molar-refractivity contribution in [3.8, 4) is 0 Å². The second-order valence-electron chi connectivity index (χ2n) is 7.43. The highest BCUT2D eigenvalue weighted by Gasteiger charge is 2.32. The summed E-state index contributed by atoms with van der Waals surface area (Å²) in [5.41, 5.74) is 3.26. The minimum Gasteiger partial charge on any atom is -0.452 e. The van der Waals surface area contributed by atoms with E-state index >= 15 is 0 Å². The predicted octanol–water partition coefficient (Wildman–Crippen LogP) is 1.64. The second-order valence-corrected chi connectivity index (χ2v) is 9.66. The van der Waals surface area contributed by atoms with Gasteiger partial charge in [-0.2, -0.15) is 0 Å². The van der Waals surface area contributed by atoms with Crippen LogP contribution in [0.3, 0.4) is 0 Å². The standard InChI is InChI=1S/C19H26N2O5S/c1-13-10-15(14(2)21(13)16-5-6-16)4-7-19(23)26-11-18(22)20(3)17-8-9-27(24,25)12-17/h4,7,10,16-17H,5-6,8-9,11-12H2,1-3H3/b7-4+/t17-/m1/s1.